The fraction of sp³-hybridized carbons (Fsp3) is 0.316. The molecule has 0 saturated carbocycles. The van der Waals surface area contributed by atoms with E-state index in [1.165, 1.54) is 4.52 Å². The number of ether oxygens (including phenoxy) is 2. The van der Waals surface area contributed by atoms with Gasteiger partial charge in [-0.25, -0.2) is 19.1 Å². The van der Waals surface area contributed by atoms with Gasteiger partial charge in [-0.3, -0.25) is 4.79 Å². The SMILES string of the molecule is CCOC(=O)c1[nH]c(C)c(C(=O)COC(=O)c2c(C)nn3cccnc23)c1C. The van der Waals surface area contributed by atoms with Crippen LogP contribution < -0.4 is 0 Å². The van der Waals surface area contributed by atoms with Gasteiger partial charge < -0.3 is 14.5 Å². The summed E-state index contributed by atoms with van der Waals surface area (Å²) in [5, 5.41) is 4.20. The summed E-state index contributed by atoms with van der Waals surface area (Å²) in [6.07, 6.45) is 3.21. The first kappa shape index (κ1) is 19.3. The third-order valence-corrected chi connectivity index (χ3v) is 4.30. The lowest BCUT2D eigenvalue weighted by Gasteiger charge is -2.05. The van der Waals surface area contributed by atoms with Crippen molar-refractivity contribution in [2.75, 3.05) is 13.2 Å². The molecule has 9 nitrogen and oxygen atoms in total. The average Bonchev–Trinajstić information content (AvgIpc) is 3.15. The maximum absolute atomic E-state index is 12.6. The molecule has 3 aromatic rings. The number of esters is 2. The van der Waals surface area contributed by atoms with Gasteiger partial charge in [0.2, 0.25) is 5.78 Å². The third kappa shape index (κ3) is 3.38. The van der Waals surface area contributed by atoms with E-state index in [2.05, 4.69) is 15.1 Å². The van der Waals surface area contributed by atoms with E-state index in [9.17, 15) is 14.4 Å². The summed E-state index contributed by atoms with van der Waals surface area (Å²) in [7, 11) is 0. The molecule has 0 aromatic carbocycles. The topological polar surface area (TPSA) is 116 Å². The summed E-state index contributed by atoms with van der Waals surface area (Å²) in [5.74, 6) is -1.64. The minimum atomic E-state index is -0.684. The van der Waals surface area contributed by atoms with Gasteiger partial charge in [0.15, 0.2) is 12.3 Å². The maximum Gasteiger partial charge on any atom is 0.355 e. The smallest absolute Gasteiger partial charge is 0.355 e. The first-order valence-corrected chi connectivity index (χ1v) is 8.71. The molecule has 28 heavy (non-hydrogen) atoms. The van der Waals surface area contributed by atoms with Crippen molar-refractivity contribution in [2.24, 2.45) is 0 Å². The number of H-pyrrole nitrogens is 1. The zero-order valence-corrected chi connectivity index (χ0v) is 16.0. The second kappa shape index (κ2) is 7.63. The quantitative estimate of drug-likeness (QED) is 0.511. The Morgan fingerprint density at radius 3 is 2.57 bits per heavy atom. The third-order valence-electron chi connectivity index (χ3n) is 4.30. The Kier molecular flexibility index (Phi) is 5.25. The molecule has 0 aliphatic heterocycles. The van der Waals surface area contributed by atoms with E-state index in [1.807, 2.05) is 0 Å². The van der Waals surface area contributed by atoms with Crippen LogP contribution in [0.15, 0.2) is 18.5 Å². The number of aromatic amines is 1. The first-order valence-electron chi connectivity index (χ1n) is 8.71. The number of aryl methyl sites for hydroxylation is 2. The lowest BCUT2D eigenvalue weighted by atomic mass is 10.1. The molecule has 9 heteroatoms. The van der Waals surface area contributed by atoms with Crippen LogP contribution in [0.3, 0.4) is 0 Å². The van der Waals surface area contributed by atoms with Gasteiger partial charge in [-0.1, -0.05) is 0 Å². The van der Waals surface area contributed by atoms with Gasteiger partial charge in [-0.2, -0.15) is 5.10 Å². The number of carbonyl (C=O) groups excluding carboxylic acids is 3. The van der Waals surface area contributed by atoms with Gasteiger partial charge in [0.1, 0.15) is 11.3 Å². The Balaban J connectivity index is 1.78. The zero-order chi connectivity index (χ0) is 20.4. The van der Waals surface area contributed by atoms with Crippen LogP contribution in [0.4, 0.5) is 0 Å². The highest BCUT2D eigenvalue weighted by molar-refractivity contribution is 6.05. The van der Waals surface area contributed by atoms with Crippen molar-refractivity contribution in [3.05, 3.63) is 52.2 Å². The molecule has 146 valence electrons. The zero-order valence-electron chi connectivity index (χ0n) is 16.0. The number of hydrogen-bond acceptors (Lipinski definition) is 7. The Bertz CT molecular complexity index is 1080. The van der Waals surface area contributed by atoms with E-state index >= 15 is 0 Å². The number of ketones is 1. The summed E-state index contributed by atoms with van der Waals surface area (Å²) in [4.78, 5) is 44.1. The predicted octanol–water partition coefficient (Wildman–Crippen LogP) is 2.20. The monoisotopic (exact) mass is 384 g/mol. The van der Waals surface area contributed by atoms with E-state index in [0.29, 0.717) is 28.2 Å². The number of Topliss-reactive ketones (excluding diaryl/α,β-unsaturated/α-hetero) is 1. The second-order valence-corrected chi connectivity index (χ2v) is 6.19. The van der Waals surface area contributed by atoms with Crippen molar-refractivity contribution < 1.29 is 23.9 Å². The van der Waals surface area contributed by atoms with Crippen molar-refractivity contribution in [1.82, 2.24) is 19.6 Å². The number of nitrogens with one attached hydrogen (secondary N) is 1. The molecule has 0 atom stereocenters. The Morgan fingerprint density at radius 1 is 1.11 bits per heavy atom. The number of aromatic nitrogens is 4. The Hall–Kier alpha value is -3.49. The molecule has 0 bridgehead atoms. The van der Waals surface area contributed by atoms with Crippen LogP contribution in [0.1, 0.15) is 55.1 Å². The summed E-state index contributed by atoms with van der Waals surface area (Å²) in [6.45, 7) is 6.44. The number of nitrogens with zero attached hydrogens (tertiary/aromatic N) is 3. The van der Waals surface area contributed by atoms with Crippen molar-refractivity contribution in [1.29, 1.82) is 0 Å². The van der Waals surface area contributed by atoms with Crippen LogP contribution in [0.2, 0.25) is 0 Å². The fourth-order valence-electron chi connectivity index (χ4n) is 3.09. The van der Waals surface area contributed by atoms with Gasteiger partial charge in [-0.05, 0) is 39.3 Å². The van der Waals surface area contributed by atoms with Crippen molar-refractivity contribution in [3.8, 4) is 0 Å². The molecular formula is C19H20N4O5. The Morgan fingerprint density at radius 2 is 1.86 bits per heavy atom. The van der Waals surface area contributed by atoms with E-state index in [-0.39, 0.29) is 17.9 Å². The van der Waals surface area contributed by atoms with Crippen molar-refractivity contribution in [2.45, 2.75) is 27.7 Å². The van der Waals surface area contributed by atoms with Crippen LogP contribution in [-0.4, -0.2) is 50.5 Å². The van der Waals surface area contributed by atoms with Crippen molar-refractivity contribution in [3.63, 3.8) is 0 Å². The van der Waals surface area contributed by atoms with Crippen LogP contribution >= 0.6 is 0 Å². The largest absolute Gasteiger partial charge is 0.461 e. The summed E-state index contributed by atoms with van der Waals surface area (Å²) in [5.41, 5.74) is 2.53. The highest BCUT2D eigenvalue weighted by Crippen LogP contribution is 2.20. The number of hydrogen-bond donors (Lipinski definition) is 1. The molecule has 1 N–H and O–H groups in total. The molecule has 3 rings (SSSR count). The fourth-order valence-corrected chi connectivity index (χ4v) is 3.09. The second-order valence-electron chi connectivity index (χ2n) is 6.19. The van der Waals surface area contributed by atoms with Crippen LogP contribution in [0.5, 0.6) is 0 Å². The lowest BCUT2D eigenvalue weighted by Crippen LogP contribution is -2.16. The number of carbonyl (C=O) groups is 3. The molecule has 0 saturated heterocycles. The predicted molar refractivity (Wildman–Crippen MR) is 98.6 cm³/mol. The molecule has 0 fully saturated rings. The molecule has 0 radical (unpaired) electrons. The van der Waals surface area contributed by atoms with Gasteiger partial charge in [-0.15, -0.1) is 0 Å². The molecule has 3 heterocycles. The summed E-state index contributed by atoms with van der Waals surface area (Å²) >= 11 is 0. The van der Waals surface area contributed by atoms with Gasteiger partial charge >= 0.3 is 11.9 Å². The van der Waals surface area contributed by atoms with E-state index in [4.69, 9.17) is 9.47 Å². The highest BCUT2D eigenvalue weighted by atomic mass is 16.5. The molecule has 0 aliphatic carbocycles. The number of fused-ring (bicyclic) bond motifs is 1. The van der Waals surface area contributed by atoms with Crippen molar-refractivity contribution >= 4 is 23.4 Å². The minimum Gasteiger partial charge on any atom is -0.461 e. The normalized spacial score (nSPS) is 10.9. The highest BCUT2D eigenvalue weighted by Gasteiger charge is 2.25. The Labute approximate surface area is 160 Å². The summed E-state index contributed by atoms with van der Waals surface area (Å²) in [6, 6.07) is 1.69. The molecule has 0 aliphatic rings. The standard InChI is InChI=1S/C19H20N4O5/c1-5-27-19(26)16-10(2)14(11(3)21-16)13(24)9-28-18(25)15-12(4)22-23-8-6-7-20-17(15)23/h6-8,21H,5,9H2,1-4H3. The molecule has 3 aromatic heterocycles. The van der Waals surface area contributed by atoms with E-state index in [0.717, 1.165) is 0 Å². The molecular weight excluding hydrogens is 364 g/mol. The maximum atomic E-state index is 12.6. The van der Waals surface area contributed by atoms with Crippen LogP contribution in [0.25, 0.3) is 5.65 Å². The molecule has 0 unspecified atom stereocenters. The molecule has 0 amide bonds. The van der Waals surface area contributed by atoms with Gasteiger partial charge in [0.05, 0.1) is 12.3 Å². The minimum absolute atomic E-state index is 0.211. The molecule has 0 spiro atoms. The number of rotatable bonds is 6. The van der Waals surface area contributed by atoms with E-state index in [1.54, 1.807) is 46.2 Å². The van der Waals surface area contributed by atoms with E-state index < -0.39 is 24.3 Å². The van der Waals surface area contributed by atoms with Crippen LogP contribution in [0, 0.1) is 20.8 Å². The van der Waals surface area contributed by atoms with Gasteiger partial charge in [0.25, 0.3) is 0 Å². The first-order chi connectivity index (χ1) is 13.3. The van der Waals surface area contributed by atoms with Crippen LogP contribution in [-0.2, 0) is 9.47 Å². The lowest BCUT2D eigenvalue weighted by molar-refractivity contribution is 0.0474. The average molecular weight is 384 g/mol. The van der Waals surface area contributed by atoms with Gasteiger partial charge in [0, 0.05) is 23.7 Å². The summed E-state index contributed by atoms with van der Waals surface area (Å²) < 4.78 is 11.7.